The average molecular weight is 290 g/mol. The fraction of sp³-hybridized carbons (Fsp3) is 0. The van der Waals surface area contributed by atoms with E-state index in [-0.39, 0.29) is 22.5 Å². The molecule has 0 saturated heterocycles. The van der Waals surface area contributed by atoms with Crippen molar-refractivity contribution in [3.8, 4) is 11.3 Å². The lowest BCUT2D eigenvalue weighted by Gasteiger charge is -2.08. The van der Waals surface area contributed by atoms with E-state index < -0.39 is 23.0 Å². The van der Waals surface area contributed by atoms with Crippen molar-refractivity contribution in [2.75, 3.05) is 0 Å². The van der Waals surface area contributed by atoms with Gasteiger partial charge in [0.2, 0.25) is 0 Å². The first-order valence-electron chi connectivity index (χ1n) is 5.83. The van der Waals surface area contributed by atoms with E-state index in [0.29, 0.717) is 6.07 Å². The second-order valence-electron chi connectivity index (χ2n) is 4.30. The zero-order valence-corrected chi connectivity index (χ0v) is 10.4. The Labute approximate surface area is 115 Å². The standard InChI is InChI=1S/C13H8F2N4O2/c14-6-1-2-7(8(15)3-6)9-4-10(20)11(12(16)21)13-17-5-18-19(9)13/h1-5H,(H2,16,21)(H,17,18). The fourth-order valence-electron chi connectivity index (χ4n) is 2.12. The lowest BCUT2D eigenvalue weighted by atomic mass is 10.1. The molecule has 21 heavy (non-hydrogen) atoms. The third-order valence-corrected chi connectivity index (χ3v) is 3.02. The van der Waals surface area contributed by atoms with Crippen LogP contribution in [0.25, 0.3) is 16.9 Å². The molecular formula is C13H8F2N4O2. The predicted octanol–water partition coefficient (Wildman–Crippen LogP) is 1.07. The summed E-state index contributed by atoms with van der Waals surface area (Å²) in [6.45, 7) is 0. The lowest BCUT2D eigenvalue weighted by Crippen LogP contribution is -2.23. The van der Waals surface area contributed by atoms with Crippen molar-refractivity contribution in [3.63, 3.8) is 0 Å². The summed E-state index contributed by atoms with van der Waals surface area (Å²) in [4.78, 5) is 27.1. The molecule has 0 saturated carbocycles. The number of fused-ring (bicyclic) bond motifs is 1. The molecule has 1 aromatic carbocycles. The summed E-state index contributed by atoms with van der Waals surface area (Å²) in [5, 5.41) is 2.65. The predicted molar refractivity (Wildman–Crippen MR) is 69.7 cm³/mol. The number of hydrogen-bond acceptors (Lipinski definition) is 3. The summed E-state index contributed by atoms with van der Waals surface area (Å²) in [6, 6.07) is 4.00. The lowest BCUT2D eigenvalue weighted by molar-refractivity contribution is 0.100. The number of carbonyl (C=O) groups is 1. The number of nitrogens with two attached hydrogens (primary N) is 1. The molecular weight excluding hydrogens is 282 g/mol. The first-order valence-corrected chi connectivity index (χ1v) is 5.83. The summed E-state index contributed by atoms with van der Waals surface area (Å²) in [7, 11) is 0. The molecule has 8 heteroatoms. The van der Waals surface area contributed by atoms with Gasteiger partial charge in [0.15, 0.2) is 11.1 Å². The van der Waals surface area contributed by atoms with Crippen LogP contribution in [0, 0.1) is 11.6 Å². The second-order valence-corrected chi connectivity index (χ2v) is 4.30. The molecule has 0 aliphatic rings. The minimum Gasteiger partial charge on any atom is -0.365 e. The number of benzene rings is 1. The van der Waals surface area contributed by atoms with Crippen LogP contribution in [0.1, 0.15) is 10.4 Å². The summed E-state index contributed by atoms with van der Waals surface area (Å²) >= 11 is 0. The Morgan fingerprint density at radius 1 is 1.29 bits per heavy atom. The number of pyridine rings is 1. The van der Waals surface area contributed by atoms with Gasteiger partial charge in [-0.15, -0.1) is 0 Å². The molecule has 3 aromatic rings. The van der Waals surface area contributed by atoms with Gasteiger partial charge in [-0.05, 0) is 12.1 Å². The van der Waals surface area contributed by atoms with Crippen LogP contribution in [0.15, 0.2) is 35.4 Å². The SMILES string of the molecule is NC(=O)c1c(=O)cc(-c2ccc(F)cc2F)n2[nH]cnc12. The first-order chi connectivity index (χ1) is 9.99. The fourth-order valence-corrected chi connectivity index (χ4v) is 2.12. The molecule has 1 amide bonds. The van der Waals surface area contributed by atoms with Gasteiger partial charge in [0, 0.05) is 17.7 Å². The van der Waals surface area contributed by atoms with Crippen LogP contribution in [-0.2, 0) is 0 Å². The molecule has 0 spiro atoms. The monoisotopic (exact) mass is 290 g/mol. The number of halogens is 2. The molecule has 106 valence electrons. The Hall–Kier alpha value is -3.03. The van der Waals surface area contributed by atoms with Crippen LogP contribution in [0.3, 0.4) is 0 Å². The number of carbonyl (C=O) groups excluding carboxylic acids is 1. The van der Waals surface area contributed by atoms with E-state index >= 15 is 0 Å². The number of H-pyrrole nitrogens is 1. The van der Waals surface area contributed by atoms with E-state index in [1.54, 1.807) is 0 Å². The molecule has 2 aromatic heterocycles. The highest BCUT2D eigenvalue weighted by Crippen LogP contribution is 2.23. The number of aromatic nitrogens is 3. The van der Waals surface area contributed by atoms with Crippen LogP contribution in [-0.4, -0.2) is 20.5 Å². The minimum atomic E-state index is -0.935. The highest BCUT2D eigenvalue weighted by molar-refractivity contribution is 5.99. The molecule has 0 radical (unpaired) electrons. The Bertz CT molecular complexity index is 930. The zero-order valence-electron chi connectivity index (χ0n) is 10.4. The van der Waals surface area contributed by atoms with Gasteiger partial charge in [-0.1, -0.05) is 0 Å². The second kappa shape index (κ2) is 4.51. The highest BCUT2D eigenvalue weighted by atomic mass is 19.1. The number of nitrogens with one attached hydrogen (secondary N) is 1. The van der Waals surface area contributed by atoms with Crippen molar-refractivity contribution < 1.29 is 13.6 Å². The average Bonchev–Trinajstić information content (AvgIpc) is 2.86. The molecule has 0 unspecified atom stereocenters. The first kappa shape index (κ1) is 13.0. The maximum absolute atomic E-state index is 13.9. The van der Waals surface area contributed by atoms with Crippen molar-refractivity contribution in [1.29, 1.82) is 0 Å². The van der Waals surface area contributed by atoms with Gasteiger partial charge in [-0.3, -0.25) is 14.7 Å². The van der Waals surface area contributed by atoms with Gasteiger partial charge in [0.1, 0.15) is 23.5 Å². The topological polar surface area (TPSA) is 93.3 Å². The molecule has 0 aliphatic heterocycles. The van der Waals surface area contributed by atoms with E-state index in [0.717, 1.165) is 12.1 Å². The zero-order chi connectivity index (χ0) is 15.1. The van der Waals surface area contributed by atoms with Crippen molar-refractivity contribution in [2.45, 2.75) is 0 Å². The van der Waals surface area contributed by atoms with Gasteiger partial charge in [0.25, 0.3) is 5.91 Å². The van der Waals surface area contributed by atoms with Gasteiger partial charge in [-0.2, -0.15) is 0 Å². The molecule has 3 N–H and O–H groups in total. The van der Waals surface area contributed by atoms with E-state index in [2.05, 4.69) is 10.1 Å². The normalized spacial score (nSPS) is 11.0. The number of amides is 1. The third-order valence-electron chi connectivity index (χ3n) is 3.02. The van der Waals surface area contributed by atoms with Crippen molar-refractivity contribution in [3.05, 3.63) is 58.0 Å². The molecule has 0 bridgehead atoms. The third kappa shape index (κ3) is 1.97. The number of primary amides is 1. The summed E-state index contributed by atoms with van der Waals surface area (Å²) < 4.78 is 28.1. The number of aromatic amines is 1. The van der Waals surface area contributed by atoms with Crippen LogP contribution < -0.4 is 11.2 Å². The van der Waals surface area contributed by atoms with Crippen LogP contribution in [0.4, 0.5) is 8.78 Å². The Kier molecular flexibility index (Phi) is 2.79. The highest BCUT2D eigenvalue weighted by Gasteiger charge is 2.19. The summed E-state index contributed by atoms with van der Waals surface area (Å²) in [5.41, 5.74) is 4.23. The number of nitrogens with zero attached hydrogens (tertiary/aromatic N) is 2. The molecule has 0 fully saturated rings. The molecule has 2 heterocycles. The van der Waals surface area contributed by atoms with Crippen LogP contribution >= 0.6 is 0 Å². The summed E-state index contributed by atoms with van der Waals surface area (Å²) in [5.74, 6) is -2.52. The van der Waals surface area contributed by atoms with Gasteiger partial charge >= 0.3 is 0 Å². The molecule has 6 nitrogen and oxygen atoms in total. The maximum Gasteiger partial charge on any atom is 0.256 e. The van der Waals surface area contributed by atoms with Crippen LogP contribution in [0.5, 0.6) is 0 Å². The van der Waals surface area contributed by atoms with Crippen molar-refractivity contribution >= 4 is 11.6 Å². The Morgan fingerprint density at radius 2 is 2.05 bits per heavy atom. The molecule has 3 rings (SSSR count). The van der Waals surface area contributed by atoms with E-state index in [1.807, 2.05) is 0 Å². The maximum atomic E-state index is 13.9. The smallest absolute Gasteiger partial charge is 0.256 e. The quantitative estimate of drug-likeness (QED) is 0.739. The molecule has 0 aliphatic carbocycles. The van der Waals surface area contributed by atoms with E-state index in [1.165, 1.54) is 16.9 Å². The van der Waals surface area contributed by atoms with E-state index in [9.17, 15) is 18.4 Å². The Morgan fingerprint density at radius 3 is 2.71 bits per heavy atom. The number of rotatable bonds is 2. The molecule has 0 atom stereocenters. The Balaban J connectivity index is 2.40. The van der Waals surface area contributed by atoms with Crippen molar-refractivity contribution in [2.24, 2.45) is 5.73 Å². The van der Waals surface area contributed by atoms with Gasteiger partial charge < -0.3 is 5.73 Å². The van der Waals surface area contributed by atoms with Gasteiger partial charge in [-0.25, -0.2) is 18.3 Å². The van der Waals surface area contributed by atoms with Crippen molar-refractivity contribution in [1.82, 2.24) is 14.6 Å². The largest absolute Gasteiger partial charge is 0.365 e. The van der Waals surface area contributed by atoms with E-state index in [4.69, 9.17) is 5.73 Å². The summed E-state index contributed by atoms with van der Waals surface area (Å²) in [6.07, 6.45) is 1.23. The minimum absolute atomic E-state index is 0.0104. The van der Waals surface area contributed by atoms with Crippen LogP contribution in [0.2, 0.25) is 0 Å². The number of hydrogen-bond donors (Lipinski definition) is 2. The van der Waals surface area contributed by atoms with Gasteiger partial charge in [0.05, 0.1) is 5.69 Å².